The quantitative estimate of drug-likeness (QED) is 0.640. The molecule has 1 aromatic rings. The highest BCUT2D eigenvalue weighted by atomic mass is 16.4. The highest BCUT2D eigenvalue weighted by molar-refractivity contribution is 6.46. The molecule has 5 heteroatoms. The number of hydrogen-bond acceptors (Lipinski definition) is 3. The van der Waals surface area contributed by atoms with Crippen molar-refractivity contribution in [2.45, 2.75) is 26.2 Å². The third-order valence-electron chi connectivity index (χ3n) is 2.26. The molecule has 0 aliphatic rings. The first-order valence-electron chi connectivity index (χ1n) is 5.21. The molecule has 0 spiro atoms. The lowest BCUT2D eigenvalue weighted by Gasteiger charge is -2.15. The highest BCUT2D eigenvalue weighted by Gasteiger charge is 2.20. The molecule has 1 atom stereocenters. The van der Waals surface area contributed by atoms with Gasteiger partial charge in [0.05, 0.1) is 0 Å². The fourth-order valence-corrected chi connectivity index (χ4v) is 1.58. The molecule has 0 fully saturated rings. The van der Waals surface area contributed by atoms with Crippen LogP contribution in [0.5, 0.6) is 0 Å². The van der Waals surface area contributed by atoms with E-state index in [2.05, 4.69) is 5.23 Å². The van der Waals surface area contributed by atoms with Crippen LogP contribution in [-0.2, 0) is 11.2 Å². The predicted molar refractivity (Wildman–Crippen MR) is 63.3 cm³/mol. The number of rotatable bonds is 5. The molecular formula is C11H16BNO3. The summed E-state index contributed by atoms with van der Waals surface area (Å²) in [5.74, 6) is -0.956. The van der Waals surface area contributed by atoms with Crippen molar-refractivity contribution in [2.75, 3.05) is 0 Å². The van der Waals surface area contributed by atoms with Gasteiger partial charge in [-0.3, -0.25) is 4.79 Å². The molecule has 0 aromatic heterocycles. The Balaban J connectivity index is 2.71. The summed E-state index contributed by atoms with van der Waals surface area (Å²) in [6, 6.07) is 6.92. The van der Waals surface area contributed by atoms with Gasteiger partial charge in [0.1, 0.15) is 6.04 Å². The molecular weight excluding hydrogens is 205 g/mol. The van der Waals surface area contributed by atoms with Crippen molar-refractivity contribution in [2.24, 2.45) is 0 Å². The van der Waals surface area contributed by atoms with E-state index >= 15 is 0 Å². The molecule has 16 heavy (non-hydrogen) atoms. The van der Waals surface area contributed by atoms with E-state index < -0.39 is 19.1 Å². The van der Waals surface area contributed by atoms with Gasteiger partial charge in [0.15, 0.2) is 0 Å². The van der Waals surface area contributed by atoms with E-state index in [1.54, 1.807) is 0 Å². The summed E-state index contributed by atoms with van der Waals surface area (Å²) in [6.45, 7) is 3.47. The van der Waals surface area contributed by atoms with Crippen molar-refractivity contribution in [1.82, 2.24) is 5.23 Å². The van der Waals surface area contributed by atoms with E-state index in [-0.39, 0.29) is 0 Å². The van der Waals surface area contributed by atoms with Gasteiger partial charge in [-0.2, -0.15) is 0 Å². The smallest absolute Gasteiger partial charge is 0.374 e. The first kappa shape index (κ1) is 12.7. The van der Waals surface area contributed by atoms with E-state index in [4.69, 9.17) is 10.1 Å². The van der Waals surface area contributed by atoms with Crippen LogP contribution in [0.1, 0.15) is 11.1 Å². The minimum absolute atomic E-state index is 0.363. The average Bonchev–Trinajstić information content (AvgIpc) is 2.15. The molecule has 0 bridgehead atoms. The number of aliphatic carboxylic acids is 1. The van der Waals surface area contributed by atoms with E-state index in [1.165, 1.54) is 6.82 Å². The van der Waals surface area contributed by atoms with Crippen molar-refractivity contribution >= 4 is 13.0 Å². The maximum Gasteiger partial charge on any atom is 0.374 e. The Bertz CT molecular complexity index is 368. The Morgan fingerprint density at radius 1 is 1.56 bits per heavy atom. The van der Waals surface area contributed by atoms with Crippen LogP contribution in [0.2, 0.25) is 6.82 Å². The summed E-state index contributed by atoms with van der Waals surface area (Å²) in [5, 5.41) is 20.7. The van der Waals surface area contributed by atoms with Crippen LogP contribution in [-0.4, -0.2) is 29.2 Å². The first-order valence-corrected chi connectivity index (χ1v) is 5.21. The zero-order valence-corrected chi connectivity index (χ0v) is 9.47. The van der Waals surface area contributed by atoms with Gasteiger partial charge in [-0.1, -0.05) is 29.8 Å². The summed E-state index contributed by atoms with van der Waals surface area (Å²) >= 11 is 0. The van der Waals surface area contributed by atoms with E-state index in [0.29, 0.717) is 6.42 Å². The minimum atomic E-state index is -0.956. The Hall–Kier alpha value is -1.33. The van der Waals surface area contributed by atoms with E-state index in [0.717, 1.165) is 11.1 Å². The van der Waals surface area contributed by atoms with Crippen molar-refractivity contribution < 1.29 is 14.9 Å². The molecule has 0 saturated heterocycles. The largest absolute Gasteiger partial charge is 0.480 e. The maximum atomic E-state index is 11.0. The van der Waals surface area contributed by atoms with Gasteiger partial charge in [0.25, 0.3) is 0 Å². The Kier molecular flexibility index (Phi) is 4.52. The van der Waals surface area contributed by atoms with Crippen LogP contribution in [0.25, 0.3) is 0 Å². The summed E-state index contributed by atoms with van der Waals surface area (Å²) in [7, 11) is -0.828. The van der Waals surface area contributed by atoms with Gasteiger partial charge in [0.2, 0.25) is 0 Å². The van der Waals surface area contributed by atoms with Crippen molar-refractivity contribution in [3.8, 4) is 0 Å². The number of hydrogen-bond donors (Lipinski definition) is 3. The lowest BCUT2D eigenvalue weighted by atomic mass is 9.86. The van der Waals surface area contributed by atoms with Gasteiger partial charge in [-0.05, 0) is 25.7 Å². The fourth-order valence-electron chi connectivity index (χ4n) is 1.58. The monoisotopic (exact) mass is 221 g/mol. The lowest BCUT2D eigenvalue weighted by molar-refractivity contribution is -0.139. The van der Waals surface area contributed by atoms with Gasteiger partial charge in [-0.25, -0.2) is 0 Å². The predicted octanol–water partition coefficient (Wildman–Crippen LogP) is 0.691. The number of nitrogens with one attached hydrogen (secondary N) is 1. The number of benzene rings is 1. The molecule has 1 aromatic carbocycles. The second-order valence-corrected chi connectivity index (χ2v) is 3.93. The molecule has 0 amide bonds. The van der Waals surface area contributed by atoms with Crippen molar-refractivity contribution in [3.05, 3.63) is 35.4 Å². The normalized spacial score (nSPS) is 12.2. The molecule has 3 N–H and O–H groups in total. The molecule has 0 radical (unpaired) electrons. The van der Waals surface area contributed by atoms with Gasteiger partial charge in [-0.15, -0.1) is 0 Å². The standard InChI is InChI=1S/C11H16BNO3/c1-8-4-3-5-9(6-8)7-10(11(14)15)13-12(2)16/h3-6,10,13,16H,7H2,1-2H3,(H,14,15). The third-order valence-corrected chi connectivity index (χ3v) is 2.26. The Morgan fingerprint density at radius 3 is 2.75 bits per heavy atom. The van der Waals surface area contributed by atoms with Crippen LogP contribution < -0.4 is 5.23 Å². The number of carboxylic acids is 1. The molecule has 1 unspecified atom stereocenters. The zero-order valence-electron chi connectivity index (χ0n) is 9.47. The summed E-state index contributed by atoms with van der Waals surface area (Å²) in [5.41, 5.74) is 2.04. The van der Waals surface area contributed by atoms with E-state index in [9.17, 15) is 4.79 Å². The summed E-state index contributed by atoms with van der Waals surface area (Å²) < 4.78 is 0. The van der Waals surface area contributed by atoms with Crippen molar-refractivity contribution in [3.63, 3.8) is 0 Å². The number of carboxylic acid groups (broad SMARTS) is 1. The summed E-state index contributed by atoms with van der Waals surface area (Å²) in [4.78, 5) is 11.0. The van der Waals surface area contributed by atoms with Crippen LogP contribution in [0, 0.1) is 6.92 Å². The number of aryl methyl sites for hydroxylation is 1. The molecule has 0 aliphatic heterocycles. The molecule has 4 nitrogen and oxygen atoms in total. The molecule has 0 aliphatic carbocycles. The van der Waals surface area contributed by atoms with E-state index in [1.807, 2.05) is 31.2 Å². The second kappa shape index (κ2) is 5.68. The minimum Gasteiger partial charge on any atom is -0.480 e. The lowest BCUT2D eigenvalue weighted by Crippen LogP contribution is -2.46. The van der Waals surface area contributed by atoms with Crippen LogP contribution in [0.3, 0.4) is 0 Å². The summed E-state index contributed by atoms with van der Waals surface area (Å²) in [6.07, 6.45) is 0.363. The molecule has 86 valence electrons. The third kappa shape index (κ3) is 4.04. The zero-order chi connectivity index (χ0) is 12.1. The van der Waals surface area contributed by atoms with Gasteiger partial charge in [0, 0.05) is 0 Å². The Labute approximate surface area is 95.4 Å². The fraction of sp³-hybridized carbons (Fsp3) is 0.364. The van der Waals surface area contributed by atoms with Crippen LogP contribution >= 0.6 is 0 Å². The Morgan fingerprint density at radius 2 is 2.25 bits per heavy atom. The van der Waals surface area contributed by atoms with Crippen molar-refractivity contribution in [1.29, 1.82) is 0 Å². The second-order valence-electron chi connectivity index (χ2n) is 3.93. The average molecular weight is 221 g/mol. The molecule has 1 rings (SSSR count). The number of carbonyl (C=O) groups is 1. The maximum absolute atomic E-state index is 11.0. The SMILES string of the molecule is CB(O)NC(Cc1cccc(C)c1)C(=O)O. The van der Waals surface area contributed by atoms with Crippen LogP contribution in [0.15, 0.2) is 24.3 Å². The molecule has 0 heterocycles. The van der Waals surface area contributed by atoms with Gasteiger partial charge < -0.3 is 15.4 Å². The van der Waals surface area contributed by atoms with Crippen LogP contribution in [0.4, 0.5) is 0 Å². The first-order chi connectivity index (χ1) is 7.49. The van der Waals surface area contributed by atoms with Gasteiger partial charge >= 0.3 is 13.0 Å². The highest BCUT2D eigenvalue weighted by Crippen LogP contribution is 2.07. The molecule has 0 saturated carbocycles. The topological polar surface area (TPSA) is 69.6 Å².